The SMILES string of the molecule is CC(=O)N1CCc2c(NC(=O)c3cnc4ccccn34)cccc21. The molecule has 6 nitrogen and oxygen atoms in total. The zero-order valence-electron chi connectivity index (χ0n) is 13.2. The monoisotopic (exact) mass is 320 g/mol. The second-order valence-electron chi connectivity index (χ2n) is 5.75. The highest BCUT2D eigenvalue weighted by molar-refractivity contribution is 6.05. The molecule has 2 amide bonds. The predicted molar refractivity (Wildman–Crippen MR) is 91.3 cm³/mol. The van der Waals surface area contributed by atoms with Crippen LogP contribution < -0.4 is 10.2 Å². The van der Waals surface area contributed by atoms with Crippen LogP contribution >= 0.6 is 0 Å². The number of aromatic nitrogens is 2. The molecule has 0 bridgehead atoms. The van der Waals surface area contributed by atoms with E-state index in [0.29, 0.717) is 12.2 Å². The van der Waals surface area contributed by atoms with Gasteiger partial charge in [-0.3, -0.25) is 14.0 Å². The first-order valence-electron chi connectivity index (χ1n) is 7.78. The van der Waals surface area contributed by atoms with Crippen LogP contribution in [0.5, 0.6) is 0 Å². The van der Waals surface area contributed by atoms with E-state index < -0.39 is 0 Å². The fourth-order valence-corrected chi connectivity index (χ4v) is 3.17. The first kappa shape index (κ1) is 14.4. The number of nitrogens with zero attached hydrogens (tertiary/aromatic N) is 3. The first-order chi connectivity index (χ1) is 11.6. The Kier molecular flexibility index (Phi) is 3.30. The van der Waals surface area contributed by atoms with Gasteiger partial charge in [-0.2, -0.15) is 0 Å². The van der Waals surface area contributed by atoms with Gasteiger partial charge in [0.2, 0.25) is 5.91 Å². The molecule has 3 aromatic rings. The number of anilines is 2. The number of fused-ring (bicyclic) bond motifs is 2. The van der Waals surface area contributed by atoms with Gasteiger partial charge in [-0.15, -0.1) is 0 Å². The minimum Gasteiger partial charge on any atom is -0.320 e. The maximum absolute atomic E-state index is 12.7. The fourth-order valence-electron chi connectivity index (χ4n) is 3.17. The van der Waals surface area contributed by atoms with Gasteiger partial charge in [0.15, 0.2) is 0 Å². The lowest BCUT2D eigenvalue weighted by molar-refractivity contribution is -0.116. The molecular formula is C18H16N4O2. The fraction of sp³-hybridized carbons (Fsp3) is 0.167. The highest BCUT2D eigenvalue weighted by Gasteiger charge is 2.25. The smallest absolute Gasteiger partial charge is 0.274 e. The van der Waals surface area contributed by atoms with Gasteiger partial charge in [0, 0.05) is 36.6 Å². The molecule has 0 fully saturated rings. The summed E-state index contributed by atoms with van der Waals surface area (Å²) in [5, 5.41) is 2.96. The molecule has 1 aliphatic rings. The minimum atomic E-state index is -0.219. The van der Waals surface area contributed by atoms with Gasteiger partial charge in [0.25, 0.3) is 5.91 Å². The van der Waals surface area contributed by atoms with Gasteiger partial charge in [-0.25, -0.2) is 4.98 Å². The number of amides is 2. The third-order valence-electron chi connectivity index (χ3n) is 4.31. The lowest BCUT2D eigenvalue weighted by atomic mass is 10.1. The van der Waals surface area contributed by atoms with Gasteiger partial charge >= 0.3 is 0 Å². The average molecular weight is 320 g/mol. The molecule has 4 rings (SSSR count). The lowest BCUT2D eigenvalue weighted by Gasteiger charge is -2.15. The largest absolute Gasteiger partial charge is 0.320 e. The summed E-state index contributed by atoms with van der Waals surface area (Å²) >= 11 is 0. The number of hydrogen-bond donors (Lipinski definition) is 1. The van der Waals surface area contributed by atoms with E-state index in [4.69, 9.17) is 0 Å². The maximum atomic E-state index is 12.7. The normalized spacial score (nSPS) is 13.1. The molecule has 0 aliphatic carbocycles. The van der Waals surface area contributed by atoms with Crippen LogP contribution in [0.4, 0.5) is 11.4 Å². The highest BCUT2D eigenvalue weighted by Crippen LogP contribution is 2.33. The molecule has 1 aliphatic heterocycles. The van der Waals surface area contributed by atoms with E-state index in [1.165, 1.54) is 0 Å². The number of carbonyl (C=O) groups is 2. The van der Waals surface area contributed by atoms with Crippen LogP contribution in [0.15, 0.2) is 48.8 Å². The lowest BCUT2D eigenvalue weighted by Crippen LogP contribution is -2.25. The Balaban J connectivity index is 1.67. The van der Waals surface area contributed by atoms with E-state index in [2.05, 4.69) is 10.3 Å². The summed E-state index contributed by atoms with van der Waals surface area (Å²) in [6.45, 7) is 2.20. The number of benzene rings is 1. The Morgan fingerprint density at radius 2 is 2.04 bits per heavy atom. The molecule has 6 heteroatoms. The van der Waals surface area contributed by atoms with Crippen LogP contribution in [0.1, 0.15) is 23.0 Å². The van der Waals surface area contributed by atoms with Crippen molar-refractivity contribution < 1.29 is 9.59 Å². The topological polar surface area (TPSA) is 66.7 Å². The number of imidazole rings is 1. The number of pyridine rings is 1. The van der Waals surface area contributed by atoms with Gasteiger partial charge in [0.05, 0.1) is 6.20 Å². The van der Waals surface area contributed by atoms with Crippen LogP contribution in [0.2, 0.25) is 0 Å². The van der Waals surface area contributed by atoms with Crippen molar-refractivity contribution in [3.63, 3.8) is 0 Å². The van der Waals surface area contributed by atoms with Crippen molar-refractivity contribution in [2.75, 3.05) is 16.8 Å². The second kappa shape index (κ2) is 5.49. The van der Waals surface area contributed by atoms with Crippen molar-refractivity contribution in [1.29, 1.82) is 0 Å². The van der Waals surface area contributed by atoms with Gasteiger partial charge in [0.1, 0.15) is 11.3 Å². The molecule has 2 aromatic heterocycles. The van der Waals surface area contributed by atoms with Crippen molar-refractivity contribution in [2.45, 2.75) is 13.3 Å². The van der Waals surface area contributed by atoms with Crippen molar-refractivity contribution in [3.8, 4) is 0 Å². The van der Waals surface area contributed by atoms with Gasteiger partial charge in [-0.1, -0.05) is 12.1 Å². The van der Waals surface area contributed by atoms with Crippen LogP contribution in [0, 0.1) is 0 Å². The van der Waals surface area contributed by atoms with E-state index in [1.807, 2.05) is 42.6 Å². The Morgan fingerprint density at radius 3 is 2.88 bits per heavy atom. The Hall–Kier alpha value is -3.15. The standard InChI is InChI=1S/C18H16N4O2/c1-12(23)21-10-8-13-14(5-4-6-15(13)21)20-18(24)16-11-19-17-7-2-3-9-22(16)17/h2-7,9,11H,8,10H2,1H3,(H,20,24). The molecular weight excluding hydrogens is 304 g/mol. The number of rotatable bonds is 2. The van der Waals surface area contributed by atoms with E-state index >= 15 is 0 Å². The summed E-state index contributed by atoms with van der Waals surface area (Å²) in [5.74, 6) is -0.206. The molecule has 0 atom stereocenters. The average Bonchev–Trinajstić information content (AvgIpc) is 3.19. The second-order valence-corrected chi connectivity index (χ2v) is 5.75. The number of carbonyl (C=O) groups excluding carboxylic acids is 2. The van der Waals surface area contributed by atoms with Crippen LogP contribution in [0.3, 0.4) is 0 Å². The van der Waals surface area contributed by atoms with E-state index in [9.17, 15) is 9.59 Å². The Morgan fingerprint density at radius 1 is 1.17 bits per heavy atom. The summed E-state index contributed by atoms with van der Waals surface area (Å²) < 4.78 is 1.75. The van der Waals surface area contributed by atoms with E-state index in [1.54, 1.807) is 22.4 Å². The highest BCUT2D eigenvalue weighted by atomic mass is 16.2. The van der Waals surface area contributed by atoms with Crippen molar-refractivity contribution in [3.05, 3.63) is 60.0 Å². The summed E-state index contributed by atoms with van der Waals surface area (Å²) in [6, 6.07) is 11.2. The first-order valence-corrected chi connectivity index (χ1v) is 7.78. The Bertz CT molecular complexity index is 961. The number of hydrogen-bond acceptors (Lipinski definition) is 3. The molecule has 0 unspecified atom stereocenters. The van der Waals surface area contributed by atoms with Crippen molar-refractivity contribution in [2.24, 2.45) is 0 Å². The van der Waals surface area contributed by atoms with Crippen LogP contribution in [0.25, 0.3) is 5.65 Å². The quantitative estimate of drug-likeness (QED) is 0.789. The molecule has 3 heterocycles. The predicted octanol–water partition coefficient (Wildman–Crippen LogP) is 2.50. The van der Waals surface area contributed by atoms with Crippen molar-refractivity contribution in [1.82, 2.24) is 9.38 Å². The molecule has 120 valence electrons. The van der Waals surface area contributed by atoms with E-state index in [-0.39, 0.29) is 11.8 Å². The zero-order chi connectivity index (χ0) is 16.7. The third kappa shape index (κ3) is 2.23. The molecule has 0 spiro atoms. The molecule has 0 radical (unpaired) electrons. The van der Waals surface area contributed by atoms with Gasteiger partial charge in [-0.05, 0) is 30.7 Å². The third-order valence-corrected chi connectivity index (χ3v) is 4.31. The molecule has 1 aromatic carbocycles. The Labute approximate surface area is 138 Å². The summed E-state index contributed by atoms with van der Waals surface area (Å²) in [6.07, 6.45) is 4.11. The van der Waals surface area contributed by atoms with Crippen molar-refractivity contribution >= 4 is 28.8 Å². The van der Waals surface area contributed by atoms with E-state index in [0.717, 1.165) is 29.0 Å². The summed E-state index contributed by atoms with van der Waals surface area (Å²) in [7, 11) is 0. The molecule has 24 heavy (non-hydrogen) atoms. The maximum Gasteiger partial charge on any atom is 0.274 e. The minimum absolute atomic E-state index is 0.0130. The van der Waals surface area contributed by atoms with Crippen LogP contribution in [-0.2, 0) is 11.2 Å². The van der Waals surface area contributed by atoms with Crippen LogP contribution in [-0.4, -0.2) is 27.7 Å². The summed E-state index contributed by atoms with van der Waals surface area (Å²) in [4.78, 5) is 30.3. The molecule has 0 saturated heterocycles. The zero-order valence-corrected chi connectivity index (χ0v) is 13.2. The van der Waals surface area contributed by atoms with Gasteiger partial charge < -0.3 is 10.2 Å². The molecule has 1 N–H and O–H groups in total. The molecule has 0 saturated carbocycles. The summed E-state index contributed by atoms with van der Waals surface area (Å²) in [5.41, 5.74) is 3.81. The number of nitrogens with one attached hydrogen (secondary N) is 1.